The average Bonchev–Trinajstić information content (AvgIpc) is 3.09. The molecule has 2 heterocycles. The van der Waals surface area contributed by atoms with Crippen LogP contribution in [0.2, 0.25) is 0 Å². The molecule has 0 spiro atoms. The Morgan fingerprint density at radius 2 is 1.83 bits per heavy atom. The zero-order valence-electron chi connectivity index (χ0n) is 16.6. The van der Waals surface area contributed by atoms with E-state index >= 15 is 0 Å². The van der Waals surface area contributed by atoms with Crippen molar-refractivity contribution in [3.63, 3.8) is 0 Å². The van der Waals surface area contributed by atoms with Crippen molar-refractivity contribution in [3.05, 3.63) is 65.7 Å². The van der Waals surface area contributed by atoms with E-state index in [9.17, 15) is 9.18 Å². The molecule has 5 rings (SSSR count). The molecule has 7 heteroatoms. The lowest BCUT2D eigenvalue weighted by Crippen LogP contribution is -2.36. The third kappa shape index (κ3) is 2.90. The van der Waals surface area contributed by atoms with E-state index in [1.807, 2.05) is 35.8 Å². The summed E-state index contributed by atoms with van der Waals surface area (Å²) in [6, 6.07) is 14.4. The topological polar surface area (TPSA) is 73.4 Å². The molecular formula is C23H21FN4O2. The van der Waals surface area contributed by atoms with Crippen molar-refractivity contribution < 1.29 is 13.9 Å². The van der Waals surface area contributed by atoms with Gasteiger partial charge >= 0.3 is 0 Å². The number of ether oxygens (including phenoxy) is 1. The van der Waals surface area contributed by atoms with Crippen molar-refractivity contribution in [2.75, 3.05) is 31.2 Å². The largest absolute Gasteiger partial charge is 0.378 e. The third-order valence-electron chi connectivity index (χ3n) is 5.64. The van der Waals surface area contributed by atoms with Crippen LogP contribution in [0.25, 0.3) is 27.5 Å². The Balaban J connectivity index is 1.81. The highest BCUT2D eigenvalue weighted by molar-refractivity contribution is 6.06. The molecule has 0 radical (unpaired) electrons. The number of halogens is 1. The number of nitrogens with zero attached hydrogens (tertiary/aromatic N) is 3. The van der Waals surface area contributed by atoms with Gasteiger partial charge in [-0.25, -0.2) is 9.37 Å². The lowest BCUT2D eigenvalue weighted by atomic mass is 10.1. The van der Waals surface area contributed by atoms with Gasteiger partial charge in [-0.15, -0.1) is 0 Å². The minimum absolute atomic E-state index is 0.275. The standard InChI is InChI=1S/C23H21FN4O2/c1-14-26-22-18(23(25)29)12-15(27-8-10-30-11-9-27)13-21(22)28(14)20-7-3-4-16-17(20)5-2-6-19(16)24/h2-7,12-13H,8-11H2,1H3,(H2,25,29). The molecule has 152 valence electrons. The van der Waals surface area contributed by atoms with E-state index in [0.717, 1.165) is 35.4 Å². The Morgan fingerprint density at radius 3 is 2.60 bits per heavy atom. The maximum atomic E-state index is 14.4. The van der Waals surface area contributed by atoms with Gasteiger partial charge in [0.2, 0.25) is 0 Å². The Labute approximate surface area is 172 Å². The number of hydrogen-bond acceptors (Lipinski definition) is 4. The van der Waals surface area contributed by atoms with Crippen molar-refractivity contribution in [2.24, 2.45) is 5.73 Å². The monoisotopic (exact) mass is 404 g/mol. The Kier molecular flexibility index (Phi) is 4.40. The average molecular weight is 404 g/mol. The van der Waals surface area contributed by atoms with Crippen LogP contribution < -0.4 is 10.6 Å². The number of imidazole rings is 1. The lowest BCUT2D eigenvalue weighted by molar-refractivity contribution is 0.100. The number of benzene rings is 3. The molecule has 1 amide bonds. The molecule has 1 saturated heterocycles. The summed E-state index contributed by atoms with van der Waals surface area (Å²) in [6.07, 6.45) is 0. The van der Waals surface area contributed by atoms with Crippen molar-refractivity contribution in [1.29, 1.82) is 0 Å². The van der Waals surface area contributed by atoms with Crippen LogP contribution >= 0.6 is 0 Å². The van der Waals surface area contributed by atoms with Gasteiger partial charge in [0.25, 0.3) is 5.91 Å². The highest BCUT2D eigenvalue weighted by atomic mass is 19.1. The highest BCUT2D eigenvalue weighted by Crippen LogP contribution is 2.32. The molecule has 0 atom stereocenters. The number of anilines is 1. The van der Waals surface area contributed by atoms with Crippen LogP contribution in [-0.2, 0) is 4.74 Å². The van der Waals surface area contributed by atoms with E-state index in [1.54, 1.807) is 18.2 Å². The maximum Gasteiger partial charge on any atom is 0.251 e. The van der Waals surface area contributed by atoms with Crippen LogP contribution in [0.5, 0.6) is 0 Å². The van der Waals surface area contributed by atoms with Gasteiger partial charge < -0.3 is 15.4 Å². The van der Waals surface area contributed by atoms with E-state index in [4.69, 9.17) is 10.5 Å². The van der Waals surface area contributed by atoms with Crippen LogP contribution in [0.3, 0.4) is 0 Å². The number of nitrogens with two attached hydrogens (primary N) is 1. The number of carbonyl (C=O) groups excluding carboxylic acids is 1. The quantitative estimate of drug-likeness (QED) is 0.567. The van der Waals surface area contributed by atoms with E-state index in [2.05, 4.69) is 9.88 Å². The molecular weight excluding hydrogens is 383 g/mol. The minimum atomic E-state index is -0.524. The first-order valence-electron chi connectivity index (χ1n) is 9.88. The smallest absolute Gasteiger partial charge is 0.251 e. The molecule has 0 aliphatic carbocycles. The SMILES string of the molecule is Cc1nc2c(C(N)=O)cc(N3CCOCC3)cc2n1-c1cccc2c(F)cccc12. The second-order valence-corrected chi connectivity index (χ2v) is 7.43. The van der Waals surface area contributed by atoms with E-state index < -0.39 is 5.91 Å². The molecule has 30 heavy (non-hydrogen) atoms. The molecule has 6 nitrogen and oxygen atoms in total. The zero-order chi connectivity index (χ0) is 20.8. The van der Waals surface area contributed by atoms with E-state index in [0.29, 0.717) is 35.5 Å². The first kappa shape index (κ1) is 18.6. The predicted molar refractivity (Wildman–Crippen MR) is 115 cm³/mol. The number of fused-ring (bicyclic) bond motifs is 2. The van der Waals surface area contributed by atoms with Crippen LogP contribution in [0.1, 0.15) is 16.2 Å². The fraction of sp³-hybridized carbons (Fsp3) is 0.217. The second-order valence-electron chi connectivity index (χ2n) is 7.43. The number of primary amides is 1. The van der Waals surface area contributed by atoms with Gasteiger partial charge in [-0.3, -0.25) is 9.36 Å². The highest BCUT2D eigenvalue weighted by Gasteiger charge is 2.21. The fourth-order valence-corrected chi connectivity index (χ4v) is 4.22. The van der Waals surface area contributed by atoms with Crippen molar-refractivity contribution in [1.82, 2.24) is 9.55 Å². The molecule has 0 unspecified atom stereocenters. The van der Waals surface area contributed by atoms with Gasteiger partial charge in [-0.1, -0.05) is 24.3 Å². The predicted octanol–water partition coefficient (Wildman–Crippen LogP) is 3.56. The molecule has 4 aromatic rings. The summed E-state index contributed by atoms with van der Waals surface area (Å²) in [6.45, 7) is 4.60. The number of rotatable bonds is 3. The number of morpholine rings is 1. The minimum Gasteiger partial charge on any atom is -0.378 e. The Morgan fingerprint density at radius 1 is 1.10 bits per heavy atom. The van der Waals surface area contributed by atoms with Crippen LogP contribution in [0.15, 0.2) is 48.5 Å². The zero-order valence-corrected chi connectivity index (χ0v) is 16.6. The Hall–Kier alpha value is -3.45. The second kappa shape index (κ2) is 7.11. The van der Waals surface area contributed by atoms with E-state index in [-0.39, 0.29) is 5.82 Å². The Bertz CT molecular complexity index is 1290. The first-order valence-corrected chi connectivity index (χ1v) is 9.88. The molecule has 1 aromatic heterocycles. The molecule has 2 N–H and O–H groups in total. The first-order chi connectivity index (χ1) is 14.5. The normalized spacial score (nSPS) is 14.5. The fourth-order valence-electron chi connectivity index (χ4n) is 4.22. The molecule has 3 aromatic carbocycles. The summed E-state index contributed by atoms with van der Waals surface area (Å²) >= 11 is 0. The molecule has 1 aliphatic rings. The molecule has 0 bridgehead atoms. The maximum absolute atomic E-state index is 14.4. The van der Waals surface area contributed by atoms with E-state index in [1.165, 1.54) is 6.07 Å². The van der Waals surface area contributed by atoms with Gasteiger partial charge in [0.15, 0.2) is 0 Å². The molecule has 1 fully saturated rings. The van der Waals surface area contributed by atoms with Gasteiger partial charge in [-0.2, -0.15) is 0 Å². The molecule has 0 saturated carbocycles. The van der Waals surface area contributed by atoms with Crippen LogP contribution in [0.4, 0.5) is 10.1 Å². The number of amides is 1. The van der Waals surface area contributed by atoms with Crippen molar-refractivity contribution in [2.45, 2.75) is 6.92 Å². The molecule has 1 aliphatic heterocycles. The third-order valence-corrected chi connectivity index (χ3v) is 5.64. The van der Waals surface area contributed by atoms with Crippen LogP contribution in [-0.4, -0.2) is 41.8 Å². The summed E-state index contributed by atoms with van der Waals surface area (Å²) in [5.74, 6) is -0.102. The van der Waals surface area contributed by atoms with Gasteiger partial charge in [0, 0.05) is 29.5 Å². The number of aromatic nitrogens is 2. The summed E-state index contributed by atoms with van der Waals surface area (Å²) in [5, 5.41) is 1.31. The van der Waals surface area contributed by atoms with Crippen molar-refractivity contribution in [3.8, 4) is 5.69 Å². The summed E-state index contributed by atoms with van der Waals surface area (Å²) in [7, 11) is 0. The number of aryl methyl sites for hydroxylation is 1. The number of hydrogen-bond donors (Lipinski definition) is 1. The van der Waals surface area contributed by atoms with Gasteiger partial charge in [0.1, 0.15) is 17.2 Å². The van der Waals surface area contributed by atoms with Gasteiger partial charge in [-0.05, 0) is 31.2 Å². The lowest BCUT2D eigenvalue weighted by Gasteiger charge is -2.29. The van der Waals surface area contributed by atoms with Crippen LogP contribution in [0, 0.1) is 12.7 Å². The summed E-state index contributed by atoms with van der Waals surface area (Å²) < 4.78 is 21.8. The number of carbonyl (C=O) groups is 1. The summed E-state index contributed by atoms with van der Waals surface area (Å²) in [5.41, 5.74) is 9.10. The summed E-state index contributed by atoms with van der Waals surface area (Å²) in [4.78, 5) is 19.1. The van der Waals surface area contributed by atoms with Gasteiger partial charge in [0.05, 0.1) is 30.0 Å². The van der Waals surface area contributed by atoms with Crippen molar-refractivity contribution >= 4 is 33.4 Å².